The molecule has 0 spiro atoms. The van der Waals surface area contributed by atoms with Crippen LogP contribution in [0.15, 0.2) is 41.0 Å². The van der Waals surface area contributed by atoms with Gasteiger partial charge in [0, 0.05) is 5.75 Å². The van der Waals surface area contributed by atoms with Crippen LogP contribution in [0.5, 0.6) is 0 Å². The number of rotatable bonds is 8. The first-order valence-corrected chi connectivity index (χ1v) is 8.37. The summed E-state index contributed by atoms with van der Waals surface area (Å²) in [5, 5.41) is 13.4. The number of benzene rings is 1. The minimum atomic E-state index is -0.381. The fourth-order valence-electron chi connectivity index (χ4n) is 2.20. The van der Waals surface area contributed by atoms with Crippen molar-refractivity contribution < 1.29 is 5.11 Å². The molecule has 2 N–H and O–H groups in total. The second kappa shape index (κ2) is 7.73. The smallest absolute Gasteiger partial charge is 0.169 e. The quantitative estimate of drug-likeness (QED) is 0.734. The van der Waals surface area contributed by atoms with E-state index < -0.39 is 0 Å². The highest BCUT2D eigenvalue weighted by atomic mass is 32.2. The Morgan fingerprint density at radius 1 is 1.35 bits per heavy atom. The lowest BCUT2D eigenvalue weighted by molar-refractivity contribution is 0.158. The third kappa shape index (κ3) is 3.79. The predicted molar refractivity (Wildman–Crippen MR) is 84.1 cm³/mol. The van der Waals surface area contributed by atoms with Crippen molar-refractivity contribution >= 4 is 23.3 Å². The fourth-order valence-corrected chi connectivity index (χ4v) is 3.81. The minimum absolute atomic E-state index is 0.0849. The summed E-state index contributed by atoms with van der Waals surface area (Å²) in [5.41, 5.74) is 0.746. The van der Waals surface area contributed by atoms with E-state index in [1.807, 2.05) is 18.2 Å². The van der Waals surface area contributed by atoms with Gasteiger partial charge in [0.2, 0.25) is 0 Å². The first-order valence-electron chi connectivity index (χ1n) is 6.61. The summed E-state index contributed by atoms with van der Waals surface area (Å²) in [4.78, 5) is 4.17. The van der Waals surface area contributed by atoms with Crippen molar-refractivity contribution in [3.8, 4) is 0 Å². The van der Waals surface area contributed by atoms with Crippen molar-refractivity contribution in [1.82, 2.24) is 14.7 Å². The Morgan fingerprint density at radius 3 is 2.75 bits per heavy atom. The Hall–Kier alpha value is -0.950. The van der Waals surface area contributed by atoms with E-state index in [1.54, 1.807) is 18.1 Å². The average Bonchev–Trinajstić information content (AvgIpc) is 3.00. The first-order chi connectivity index (χ1) is 9.80. The van der Waals surface area contributed by atoms with Crippen LogP contribution in [0.4, 0.5) is 0 Å². The van der Waals surface area contributed by atoms with Crippen LogP contribution < -0.4 is 5.32 Å². The van der Waals surface area contributed by atoms with Crippen LogP contribution >= 0.6 is 23.3 Å². The van der Waals surface area contributed by atoms with Crippen molar-refractivity contribution in [2.45, 2.75) is 23.2 Å². The van der Waals surface area contributed by atoms with Gasteiger partial charge in [0.25, 0.3) is 0 Å². The summed E-state index contributed by atoms with van der Waals surface area (Å²) in [6.45, 7) is 2.96. The van der Waals surface area contributed by atoms with Gasteiger partial charge in [0.1, 0.15) is 6.33 Å². The summed E-state index contributed by atoms with van der Waals surface area (Å²) < 4.78 is 4.97. The lowest BCUT2D eigenvalue weighted by atomic mass is 9.88. The lowest BCUT2D eigenvalue weighted by Crippen LogP contribution is -2.46. The van der Waals surface area contributed by atoms with Gasteiger partial charge in [-0.25, -0.2) is 4.98 Å². The van der Waals surface area contributed by atoms with Gasteiger partial charge in [-0.05, 0) is 30.1 Å². The van der Waals surface area contributed by atoms with Crippen molar-refractivity contribution in [2.24, 2.45) is 0 Å². The molecule has 2 aromatic rings. The zero-order valence-corrected chi connectivity index (χ0v) is 13.1. The number of aliphatic hydroxyl groups excluding tert-OH is 1. The van der Waals surface area contributed by atoms with Gasteiger partial charge in [-0.2, -0.15) is 4.37 Å². The minimum Gasteiger partial charge on any atom is -0.394 e. The SMILES string of the molecule is CCNC(CO)(CCSc1ncns1)c1ccccc1. The number of nitrogens with zero attached hydrogens (tertiary/aromatic N) is 2. The molecule has 1 aromatic carbocycles. The van der Waals surface area contributed by atoms with Crippen LogP contribution in [0.1, 0.15) is 18.9 Å². The molecule has 0 saturated carbocycles. The third-order valence-corrected chi connectivity index (χ3v) is 5.01. The summed E-state index contributed by atoms with van der Waals surface area (Å²) in [5.74, 6) is 0.887. The van der Waals surface area contributed by atoms with Crippen molar-refractivity contribution in [2.75, 3.05) is 18.9 Å². The predicted octanol–water partition coefficient (Wildman–Crippen LogP) is 2.52. The fraction of sp³-hybridized carbons (Fsp3) is 0.429. The number of aliphatic hydroxyl groups is 1. The van der Waals surface area contributed by atoms with Crippen LogP contribution in [0.2, 0.25) is 0 Å². The zero-order valence-electron chi connectivity index (χ0n) is 11.5. The third-order valence-electron chi connectivity index (χ3n) is 3.21. The topological polar surface area (TPSA) is 58.0 Å². The van der Waals surface area contributed by atoms with Crippen LogP contribution in [0, 0.1) is 0 Å². The number of nitrogens with one attached hydrogen (secondary N) is 1. The number of aromatic nitrogens is 2. The van der Waals surface area contributed by atoms with E-state index in [1.165, 1.54) is 11.5 Å². The van der Waals surface area contributed by atoms with Crippen molar-refractivity contribution in [3.05, 3.63) is 42.2 Å². The second-order valence-electron chi connectivity index (χ2n) is 4.44. The normalized spacial score (nSPS) is 14.1. The van der Waals surface area contributed by atoms with E-state index in [2.05, 4.69) is 33.7 Å². The van der Waals surface area contributed by atoms with Crippen LogP contribution in [0.25, 0.3) is 0 Å². The van der Waals surface area contributed by atoms with Crippen molar-refractivity contribution in [1.29, 1.82) is 0 Å². The molecule has 0 radical (unpaired) electrons. The number of hydrogen-bond donors (Lipinski definition) is 2. The Labute approximate surface area is 127 Å². The number of likely N-dealkylation sites (N-methyl/N-ethyl adjacent to an activating group) is 1. The number of hydrogen-bond acceptors (Lipinski definition) is 6. The van der Waals surface area contributed by atoms with Crippen LogP contribution in [0.3, 0.4) is 0 Å². The molecule has 0 bridgehead atoms. The molecule has 1 unspecified atom stereocenters. The summed E-state index contributed by atoms with van der Waals surface area (Å²) in [6, 6.07) is 10.1. The van der Waals surface area contributed by atoms with Gasteiger partial charge in [0.05, 0.1) is 12.1 Å². The summed E-state index contributed by atoms with van der Waals surface area (Å²) >= 11 is 3.09. The van der Waals surface area contributed by atoms with E-state index in [-0.39, 0.29) is 12.1 Å². The molecule has 4 nitrogen and oxygen atoms in total. The van der Waals surface area contributed by atoms with E-state index in [0.717, 1.165) is 28.6 Å². The molecule has 1 aromatic heterocycles. The Bertz CT molecular complexity index is 492. The molecule has 0 aliphatic carbocycles. The Balaban J connectivity index is 2.06. The molecule has 0 aliphatic heterocycles. The van der Waals surface area contributed by atoms with E-state index in [4.69, 9.17) is 0 Å². The molecule has 0 saturated heterocycles. The van der Waals surface area contributed by atoms with Gasteiger partial charge < -0.3 is 10.4 Å². The van der Waals surface area contributed by atoms with Gasteiger partial charge in [-0.1, -0.05) is 49.0 Å². The Morgan fingerprint density at radius 2 is 2.15 bits per heavy atom. The van der Waals surface area contributed by atoms with Gasteiger partial charge in [-0.3, -0.25) is 0 Å². The molecule has 20 heavy (non-hydrogen) atoms. The molecule has 0 aliphatic rings. The van der Waals surface area contributed by atoms with E-state index >= 15 is 0 Å². The second-order valence-corrected chi connectivity index (χ2v) is 6.56. The van der Waals surface area contributed by atoms with E-state index in [9.17, 15) is 5.11 Å². The van der Waals surface area contributed by atoms with Crippen molar-refractivity contribution in [3.63, 3.8) is 0 Å². The molecular weight excluding hydrogens is 290 g/mol. The highest BCUT2D eigenvalue weighted by molar-refractivity contribution is 8.00. The highest BCUT2D eigenvalue weighted by Crippen LogP contribution is 2.29. The molecule has 108 valence electrons. The molecule has 0 fully saturated rings. The standard InChI is InChI=1S/C14H19N3OS2/c1-2-16-14(10-18,12-6-4-3-5-7-12)8-9-19-13-15-11-17-20-13/h3-7,11,16,18H,2,8-10H2,1H3. The van der Waals surface area contributed by atoms with Gasteiger partial charge in [-0.15, -0.1) is 0 Å². The van der Waals surface area contributed by atoms with Crippen LogP contribution in [-0.4, -0.2) is 33.4 Å². The highest BCUT2D eigenvalue weighted by Gasteiger charge is 2.30. The summed E-state index contributed by atoms with van der Waals surface area (Å²) in [6.07, 6.45) is 2.42. The number of thioether (sulfide) groups is 1. The van der Waals surface area contributed by atoms with E-state index in [0.29, 0.717) is 0 Å². The monoisotopic (exact) mass is 309 g/mol. The molecule has 1 atom stereocenters. The van der Waals surface area contributed by atoms with Gasteiger partial charge in [0.15, 0.2) is 4.34 Å². The lowest BCUT2D eigenvalue weighted by Gasteiger charge is -2.33. The first kappa shape index (κ1) is 15.4. The van der Waals surface area contributed by atoms with Gasteiger partial charge >= 0.3 is 0 Å². The average molecular weight is 309 g/mol. The maximum Gasteiger partial charge on any atom is 0.169 e. The maximum absolute atomic E-state index is 9.92. The molecule has 1 heterocycles. The zero-order chi connectivity index (χ0) is 14.3. The largest absolute Gasteiger partial charge is 0.394 e. The molecular formula is C14H19N3OS2. The van der Waals surface area contributed by atoms with Crippen LogP contribution in [-0.2, 0) is 5.54 Å². The maximum atomic E-state index is 9.92. The molecule has 6 heteroatoms. The molecule has 2 rings (SSSR count). The molecule has 0 amide bonds. The Kier molecular flexibility index (Phi) is 5.97. The summed E-state index contributed by atoms with van der Waals surface area (Å²) in [7, 11) is 0.